The van der Waals surface area contributed by atoms with Gasteiger partial charge in [-0.1, -0.05) is 23.7 Å². The molecule has 2 aromatic rings. The number of carbonyl (C=O) groups is 1. The van der Waals surface area contributed by atoms with Crippen molar-refractivity contribution in [3.05, 3.63) is 52.5 Å². The van der Waals surface area contributed by atoms with Crippen molar-refractivity contribution in [3.8, 4) is 17.2 Å². The Bertz CT molecular complexity index is 783. The van der Waals surface area contributed by atoms with Gasteiger partial charge in [0.2, 0.25) is 5.75 Å². The van der Waals surface area contributed by atoms with E-state index in [4.69, 9.17) is 30.5 Å². The summed E-state index contributed by atoms with van der Waals surface area (Å²) in [7, 11) is 6.02. The van der Waals surface area contributed by atoms with Crippen molar-refractivity contribution in [2.24, 2.45) is 5.10 Å². The standard InChI is InChI=1S/C19H21ClN2O5/c1-24-15-9-12(10-16(25-2)18(15)27-4)11-21-22-19(23)17(26-3)13-5-7-14(20)8-6-13/h5-11,17H,1-4H3,(H,22,23)/b21-11+. The number of nitrogens with zero attached hydrogens (tertiary/aromatic N) is 1. The highest BCUT2D eigenvalue weighted by Crippen LogP contribution is 2.37. The fraction of sp³-hybridized carbons (Fsp3) is 0.263. The van der Waals surface area contributed by atoms with Crippen molar-refractivity contribution in [2.75, 3.05) is 28.4 Å². The van der Waals surface area contributed by atoms with E-state index in [2.05, 4.69) is 10.5 Å². The second-order valence-corrected chi connectivity index (χ2v) is 5.80. The molecule has 1 N–H and O–H groups in total. The van der Waals surface area contributed by atoms with Crippen molar-refractivity contribution in [1.29, 1.82) is 0 Å². The lowest BCUT2D eigenvalue weighted by molar-refractivity contribution is -0.131. The van der Waals surface area contributed by atoms with Crippen molar-refractivity contribution in [3.63, 3.8) is 0 Å². The first kappa shape index (κ1) is 20.5. The smallest absolute Gasteiger partial charge is 0.273 e. The number of halogens is 1. The molecule has 0 aliphatic rings. The molecule has 7 nitrogen and oxygen atoms in total. The third-order valence-corrected chi connectivity index (χ3v) is 3.97. The normalized spacial score (nSPS) is 11.9. The summed E-state index contributed by atoms with van der Waals surface area (Å²) in [5.41, 5.74) is 3.78. The summed E-state index contributed by atoms with van der Waals surface area (Å²) >= 11 is 5.87. The van der Waals surface area contributed by atoms with E-state index in [1.165, 1.54) is 34.7 Å². The number of hydrazone groups is 1. The number of amides is 1. The largest absolute Gasteiger partial charge is 0.493 e. The van der Waals surface area contributed by atoms with E-state index < -0.39 is 12.0 Å². The predicted molar refractivity (Wildman–Crippen MR) is 103 cm³/mol. The van der Waals surface area contributed by atoms with Gasteiger partial charge < -0.3 is 18.9 Å². The van der Waals surface area contributed by atoms with Gasteiger partial charge in [-0.3, -0.25) is 4.79 Å². The highest BCUT2D eigenvalue weighted by atomic mass is 35.5. The van der Waals surface area contributed by atoms with Gasteiger partial charge in [0.15, 0.2) is 17.6 Å². The summed E-state index contributed by atoms with van der Waals surface area (Å²) in [6.07, 6.45) is 0.663. The molecule has 0 bridgehead atoms. The second kappa shape index (κ2) is 9.80. The zero-order chi connectivity index (χ0) is 19.8. The summed E-state index contributed by atoms with van der Waals surface area (Å²) in [4.78, 5) is 12.3. The average Bonchev–Trinajstić information content (AvgIpc) is 2.69. The minimum absolute atomic E-state index is 0.413. The fourth-order valence-electron chi connectivity index (χ4n) is 2.44. The number of carbonyl (C=O) groups excluding carboxylic acids is 1. The molecule has 0 aliphatic heterocycles. The Morgan fingerprint density at radius 2 is 1.63 bits per heavy atom. The van der Waals surface area contributed by atoms with Gasteiger partial charge in [0.1, 0.15) is 0 Å². The Hall–Kier alpha value is -2.77. The van der Waals surface area contributed by atoms with Crippen LogP contribution >= 0.6 is 11.6 Å². The summed E-state index contributed by atoms with van der Waals surface area (Å²) in [5, 5.41) is 4.56. The van der Waals surface area contributed by atoms with Crippen LogP contribution in [-0.2, 0) is 9.53 Å². The van der Waals surface area contributed by atoms with E-state index in [9.17, 15) is 4.79 Å². The molecular weight excluding hydrogens is 372 g/mol. The van der Waals surface area contributed by atoms with Crippen LogP contribution in [0.3, 0.4) is 0 Å². The number of hydrogen-bond donors (Lipinski definition) is 1. The lowest BCUT2D eigenvalue weighted by Gasteiger charge is -2.14. The predicted octanol–water partition coefficient (Wildman–Crippen LogP) is 3.20. The number of ether oxygens (including phenoxy) is 4. The quantitative estimate of drug-likeness (QED) is 0.551. The number of hydrogen-bond acceptors (Lipinski definition) is 6. The average molecular weight is 393 g/mol. The lowest BCUT2D eigenvalue weighted by Crippen LogP contribution is -2.26. The van der Waals surface area contributed by atoms with E-state index in [0.29, 0.717) is 33.4 Å². The molecule has 2 rings (SSSR count). The highest BCUT2D eigenvalue weighted by molar-refractivity contribution is 6.30. The molecule has 0 saturated carbocycles. The van der Waals surface area contributed by atoms with Crippen LogP contribution < -0.4 is 19.6 Å². The molecule has 1 unspecified atom stereocenters. The van der Waals surface area contributed by atoms with Gasteiger partial charge in [-0.25, -0.2) is 5.43 Å². The van der Waals surface area contributed by atoms with Crippen LogP contribution in [0, 0.1) is 0 Å². The molecule has 0 spiro atoms. The molecule has 0 heterocycles. The maximum Gasteiger partial charge on any atom is 0.273 e. The Kier molecular flexibility index (Phi) is 7.45. The second-order valence-electron chi connectivity index (χ2n) is 5.36. The summed E-state index contributed by atoms with van der Waals surface area (Å²) in [5.74, 6) is 1.04. The molecular formula is C19H21ClN2O5. The van der Waals surface area contributed by atoms with Crippen LogP contribution in [0.4, 0.5) is 0 Å². The van der Waals surface area contributed by atoms with Crippen molar-refractivity contribution in [2.45, 2.75) is 6.10 Å². The summed E-state index contributed by atoms with van der Waals surface area (Å²) in [6.45, 7) is 0. The monoisotopic (exact) mass is 392 g/mol. The van der Waals surface area contributed by atoms with Crippen LogP contribution in [0.5, 0.6) is 17.2 Å². The number of rotatable bonds is 8. The van der Waals surface area contributed by atoms with Crippen molar-refractivity contribution >= 4 is 23.7 Å². The van der Waals surface area contributed by atoms with E-state index in [0.717, 1.165) is 0 Å². The van der Waals surface area contributed by atoms with E-state index in [1.807, 2.05) is 0 Å². The van der Waals surface area contributed by atoms with Gasteiger partial charge in [-0.15, -0.1) is 0 Å². The van der Waals surface area contributed by atoms with Gasteiger partial charge in [-0.05, 0) is 29.8 Å². The van der Waals surface area contributed by atoms with Gasteiger partial charge >= 0.3 is 0 Å². The molecule has 1 atom stereocenters. The maximum absolute atomic E-state index is 12.3. The minimum Gasteiger partial charge on any atom is -0.493 e. The summed E-state index contributed by atoms with van der Waals surface area (Å²) in [6, 6.07) is 10.2. The third kappa shape index (κ3) is 5.12. The Morgan fingerprint density at radius 1 is 1.04 bits per heavy atom. The van der Waals surface area contributed by atoms with Crippen LogP contribution in [0.15, 0.2) is 41.5 Å². The topological polar surface area (TPSA) is 78.4 Å². The van der Waals surface area contributed by atoms with E-state index >= 15 is 0 Å². The van der Waals surface area contributed by atoms with Gasteiger partial charge in [0.25, 0.3) is 5.91 Å². The molecule has 1 amide bonds. The number of methoxy groups -OCH3 is 4. The molecule has 0 fully saturated rings. The highest BCUT2D eigenvalue weighted by Gasteiger charge is 2.19. The molecule has 144 valence electrons. The molecule has 0 saturated heterocycles. The van der Waals surface area contributed by atoms with E-state index in [-0.39, 0.29) is 0 Å². The van der Waals surface area contributed by atoms with Gasteiger partial charge in [0.05, 0.1) is 27.5 Å². The van der Waals surface area contributed by atoms with Crippen molar-refractivity contribution < 1.29 is 23.7 Å². The third-order valence-electron chi connectivity index (χ3n) is 3.72. The lowest BCUT2D eigenvalue weighted by atomic mass is 10.1. The van der Waals surface area contributed by atoms with Crippen LogP contribution in [0.2, 0.25) is 5.02 Å². The Labute approximate surface area is 162 Å². The fourth-order valence-corrected chi connectivity index (χ4v) is 2.56. The van der Waals surface area contributed by atoms with Gasteiger partial charge in [-0.2, -0.15) is 5.10 Å². The zero-order valence-electron chi connectivity index (χ0n) is 15.5. The molecule has 0 aromatic heterocycles. The van der Waals surface area contributed by atoms with E-state index in [1.54, 1.807) is 36.4 Å². The Morgan fingerprint density at radius 3 is 2.11 bits per heavy atom. The first-order valence-electron chi connectivity index (χ1n) is 7.95. The van der Waals surface area contributed by atoms with Crippen LogP contribution in [0.25, 0.3) is 0 Å². The van der Waals surface area contributed by atoms with Crippen molar-refractivity contribution in [1.82, 2.24) is 5.43 Å². The number of benzene rings is 2. The zero-order valence-corrected chi connectivity index (χ0v) is 16.2. The van der Waals surface area contributed by atoms with Crippen LogP contribution in [0.1, 0.15) is 17.2 Å². The minimum atomic E-state index is -0.806. The SMILES string of the molecule is COc1cc(/C=N/NC(=O)C(OC)c2ccc(Cl)cc2)cc(OC)c1OC. The molecule has 8 heteroatoms. The molecule has 27 heavy (non-hydrogen) atoms. The number of nitrogens with one attached hydrogen (secondary N) is 1. The molecule has 0 radical (unpaired) electrons. The van der Waals surface area contributed by atoms with Gasteiger partial charge in [0, 0.05) is 17.7 Å². The first-order valence-corrected chi connectivity index (χ1v) is 8.33. The molecule has 2 aromatic carbocycles. The van der Waals surface area contributed by atoms with Crippen LogP contribution in [-0.4, -0.2) is 40.6 Å². The molecule has 0 aliphatic carbocycles. The summed E-state index contributed by atoms with van der Waals surface area (Å²) < 4.78 is 21.1. The maximum atomic E-state index is 12.3. The Balaban J connectivity index is 2.13. The first-order chi connectivity index (χ1) is 13.0.